The zero-order valence-corrected chi connectivity index (χ0v) is 13.4. The van der Waals surface area contributed by atoms with Gasteiger partial charge in [0.05, 0.1) is 17.6 Å². The molecule has 0 fully saturated rings. The summed E-state index contributed by atoms with van der Waals surface area (Å²) >= 11 is 7.72. The first-order valence-electron chi connectivity index (χ1n) is 6.76. The molecule has 6 heteroatoms. The number of hydrogen-bond donors (Lipinski definition) is 0. The molecule has 3 aromatic rings. The van der Waals surface area contributed by atoms with Crippen LogP contribution in [0.3, 0.4) is 0 Å². The predicted octanol–water partition coefficient (Wildman–Crippen LogP) is 4.07. The van der Waals surface area contributed by atoms with Gasteiger partial charge in [0.15, 0.2) is 0 Å². The molecule has 0 aliphatic heterocycles. The summed E-state index contributed by atoms with van der Waals surface area (Å²) in [6.07, 6.45) is 1.81. The highest BCUT2D eigenvalue weighted by Crippen LogP contribution is 2.32. The molecule has 0 spiro atoms. The van der Waals surface area contributed by atoms with E-state index in [2.05, 4.69) is 39.8 Å². The maximum atomic E-state index is 6.08. The highest BCUT2D eigenvalue weighted by molar-refractivity contribution is 7.18. The minimum Gasteiger partial charge on any atom is -0.350 e. The van der Waals surface area contributed by atoms with Crippen molar-refractivity contribution in [2.45, 2.75) is 20.4 Å². The summed E-state index contributed by atoms with van der Waals surface area (Å²) in [7, 11) is 0. The first-order valence-corrected chi connectivity index (χ1v) is 7.95. The maximum Gasteiger partial charge on any atom is 0.225 e. The summed E-state index contributed by atoms with van der Waals surface area (Å²) in [6, 6.07) is 8.05. The van der Waals surface area contributed by atoms with E-state index in [4.69, 9.17) is 11.6 Å². The average molecular weight is 319 g/mol. The van der Waals surface area contributed by atoms with Crippen LogP contribution in [0, 0.1) is 6.92 Å². The van der Waals surface area contributed by atoms with Gasteiger partial charge >= 0.3 is 0 Å². The van der Waals surface area contributed by atoms with Gasteiger partial charge in [-0.25, -0.2) is 4.98 Å². The number of pyridine rings is 1. The molecule has 108 valence electrons. The molecule has 3 heterocycles. The SMILES string of the molecule is CCN(Cc1ccccn1)c1nc(Cl)nc2sc(C)cc12. The average Bonchev–Trinajstić information content (AvgIpc) is 2.85. The predicted molar refractivity (Wildman–Crippen MR) is 88.1 cm³/mol. The third kappa shape index (κ3) is 2.99. The van der Waals surface area contributed by atoms with Gasteiger partial charge in [-0.1, -0.05) is 6.07 Å². The van der Waals surface area contributed by atoms with Crippen molar-refractivity contribution < 1.29 is 0 Å². The lowest BCUT2D eigenvalue weighted by Crippen LogP contribution is -2.24. The smallest absolute Gasteiger partial charge is 0.225 e. The number of fused-ring (bicyclic) bond motifs is 1. The van der Waals surface area contributed by atoms with Gasteiger partial charge in [0.25, 0.3) is 0 Å². The Morgan fingerprint density at radius 3 is 2.86 bits per heavy atom. The monoisotopic (exact) mass is 318 g/mol. The number of anilines is 1. The topological polar surface area (TPSA) is 41.9 Å². The standard InChI is InChI=1S/C15H15ClN4S/c1-3-20(9-11-6-4-5-7-17-11)13-12-8-10(2)21-14(12)19-15(16)18-13/h4-8H,3,9H2,1-2H3. The van der Waals surface area contributed by atoms with E-state index in [1.165, 1.54) is 4.88 Å². The molecule has 3 aromatic heterocycles. The number of halogens is 1. The summed E-state index contributed by atoms with van der Waals surface area (Å²) in [5, 5.41) is 1.35. The second-order valence-corrected chi connectivity index (χ2v) is 6.30. The first kappa shape index (κ1) is 14.2. The molecule has 0 saturated heterocycles. The fourth-order valence-electron chi connectivity index (χ4n) is 2.27. The number of nitrogens with zero attached hydrogens (tertiary/aromatic N) is 4. The number of thiophene rings is 1. The van der Waals surface area contributed by atoms with E-state index in [0.717, 1.165) is 28.3 Å². The maximum absolute atomic E-state index is 6.08. The second-order valence-electron chi connectivity index (χ2n) is 4.73. The van der Waals surface area contributed by atoms with Crippen molar-refractivity contribution in [3.63, 3.8) is 0 Å². The molecule has 0 aliphatic rings. The number of aromatic nitrogens is 3. The van der Waals surface area contributed by atoms with Gasteiger partial charge in [0, 0.05) is 17.6 Å². The first-order chi connectivity index (χ1) is 10.2. The normalized spacial score (nSPS) is 11.0. The molecule has 21 heavy (non-hydrogen) atoms. The van der Waals surface area contributed by atoms with E-state index in [9.17, 15) is 0 Å². The minimum absolute atomic E-state index is 0.291. The van der Waals surface area contributed by atoms with Gasteiger partial charge in [0.2, 0.25) is 5.28 Å². The van der Waals surface area contributed by atoms with Gasteiger partial charge in [-0.2, -0.15) is 4.98 Å². The molecule has 0 atom stereocenters. The fourth-order valence-corrected chi connectivity index (χ4v) is 3.36. The molecule has 0 amide bonds. The Kier molecular flexibility index (Phi) is 4.03. The van der Waals surface area contributed by atoms with Gasteiger partial charge in [0.1, 0.15) is 10.6 Å². The van der Waals surface area contributed by atoms with Crippen LogP contribution in [0.1, 0.15) is 17.5 Å². The molecule has 3 rings (SSSR count). The molecule has 0 bridgehead atoms. The number of rotatable bonds is 4. The highest BCUT2D eigenvalue weighted by Gasteiger charge is 2.15. The van der Waals surface area contributed by atoms with E-state index >= 15 is 0 Å². The summed E-state index contributed by atoms with van der Waals surface area (Å²) < 4.78 is 0. The molecule has 0 N–H and O–H groups in total. The van der Waals surface area contributed by atoms with E-state index in [0.29, 0.717) is 11.8 Å². The Balaban J connectivity index is 2.04. The van der Waals surface area contributed by atoms with Gasteiger partial charge in [-0.3, -0.25) is 4.98 Å². The van der Waals surface area contributed by atoms with Crippen molar-refractivity contribution in [3.8, 4) is 0 Å². The van der Waals surface area contributed by atoms with E-state index in [-0.39, 0.29) is 0 Å². The Labute approximate surface area is 132 Å². The fraction of sp³-hybridized carbons (Fsp3) is 0.267. The molecule has 0 aliphatic carbocycles. The number of aryl methyl sites for hydroxylation is 1. The highest BCUT2D eigenvalue weighted by atomic mass is 35.5. The van der Waals surface area contributed by atoms with Crippen LogP contribution in [-0.2, 0) is 6.54 Å². The van der Waals surface area contributed by atoms with Crippen molar-refractivity contribution in [1.29, 1.82) is 0 Å². The molecular weight excluding hydrogens is 304 g/mol. The van der Waals surface area contributed by atoms with Crippen LogP contribution in [-0.4, -0.2) is 21.5 Å². The van der Waals surface area contributed by atoms with Gasteiger partial charge in [-0.15, -0.1) is 11.3 Å². The summed E-state index contributed by atoms with van der Waals surface area (Å²) in [4.78, 5) is 17.4. The lowest BCUT2D eigenvalue weighted by atomic mass is 10.3. The van der Waals surface area contributed by atoms with Gasteiger partial charge < -0.3 is 4.90 Å². The van der Waals surface area contributed by atoms with Crippen LogP contribution in [0.5, 0.6) is 0 Å². The second kappa shape index (κ2) is 5.95. The Morgan fingerprint density at radius 1 is 1.29 bits per heavy atom. The van der Waals surface area contributed by atoms with Gasteiger partial charge in [-0.05, 0) is 43.6 Å². The molecule has 0 saturated carbocycles. The summed E-state index contributed by atoms with van der Waals surface area (Å²) in [5.41, 5.74) is 1.01. The third-order valence-corrected chi connectivity index (χ3v) is 4.34. The molecule has 4 nitrogen and oxygen atoms in total. The largest absolute Gasteiger partial charge is 0.350 e. The summed E-state index contributed by atoms with van der Waals surface area (Å²) in [5.74, 6) is 0.877. The third-order valence-electron chi connectivity index (χ3n) is 3.23. The van der Waals surface area contributed by atoms with E-state index in [1.807, 2.05) is 18.2 Å². The Hall–Kier alpha value is -1.72. The molecule has 0 aromatic carbocycles. The Bertz CT molecular complexity index is 757. The zero-order chi connectivity index (χ0) is 14.8. The lowest BCUT2D eigenvalue weighted by Gasteiger charge is -2.22. The van der Waals surface area contributed by atoms with E-state index in [1.54, 1.807) is 17.5 Å². The van der Waals surface area contributed by atoms with Crippen molar-refractivity contribution in [1.82, 2.24) is 15.0 Å². The van der Waals surface area contributed by atoms with Crippen molar-refractivity contribution >= 4 is 39.0 Å². The van der Waals surface area contributed by atoms with Crippen LogP contribution >= 0.6 is 22.9 Å². The van der Waals surface area contributed by atoms with Crippen molar-refractivity contribution in [2.75, 3.05) is 11.4 Å². The quantitative estimate of drug-likeness (QED) is 0.680. The van der Waals surface area contributed by atoms with Crippen LogP contribution in [0.15, 0.2) is 30.5 Å². The molecule has 0 unspecified atom stereocenters. The molecular formula is C15H15ClN4S. The minimum atomic E-state index is 0.291. The van der Waals surface area contributed by atoms with E-state index < -0.39 is 0 Å². The van der Waals surface area contributed by atoms with Crippen LogP contribution in [0.2, 0.25) is 5.28 Å². The van der Waals surface area contributed by atoms with Crippen LogP contribution < -0.4 is 4.90 Å². The summed E-state index contributed by atoms with van der Waals surface area (Å²) in [6.45, 7) is 5.70. The van der Waals surface area contributed by atoms with Crippen molar-refractivity contribution in [3.05, 3.63) is 46.3 Å². The van der Waals surface area contributed by atoms with Crippen LogP contribution in [0.25, 0.3) is 10.2 Å². The Morgan fingerprint density at radius 2 is 2.14 bits per heavy atom. The molecule has 0 radical (unpaired) electrons. The number of hydrogen-bond acceptors (Lipinski definition) is 5. The lowest BCUT2D eigenvalue weighted by molar-refractivity contribution is 0.797. The van der Waals surface area contributed by atoms with Crippen molar-refractivity contribution in [2.24, 2.45) is 0 Å². The zero-order valence-electron chi connectivity index (χ0n) is 11.9. The van der Waals surface area contributed by atoms with Crippen LogP contribution in [0.4, 0.5) is 5.82 Å².